The number of nitrogens with zero attached hydrogens (tertiary/aromatic N) is 3. The van der Waals surface area contributed by atoms with Gasteiger partial charge in [-0.05, 0) is 24.6 Å². The van der Waals surface area contributed by atoms with Crippen molar-refractivity contribution in [1.82, 2.24) is 14.7 Å². The Morgan fingerprint density at radius 1 is 1.26 bits per heavy atom. The van der Waals surface area contributed by atoms with Crippen LogP contribution in [0.1, 0.15) is 15.9 Å². The first-order chi connectivity index (χ1) is 10.9. The summed E-state index contributed by atoms with van der Waals surface area (Å²) >= 11 is 0. The van der Waals surface area contributed by atoms with Gasteiger partial charge in [0, 0.05) is 25.7 Å². The molecule has 0 bridgehead atoms. The third-order valence-corrected chi connectivity index (χ3v) is 4.44. The predicted molar refractivity (Wildman–Crippen MR) is 80.2 cm³/mol. The summed E-state index contributed by atoms with van der Waals surface area (Å²) in [6, 6.07) is 3.70. The van der Waals surface area contributed by atoms with Crippen molar-refractivity contribution in [2.45, 2.75) is 13.0 Å². The molecule has 2 fully saturated rings. The Hall–Kier alpha value is -2.44. The van der Waals surface area contributed by atoms with Crippen LogP contribution in [0.3, 0.4) is 0 Å². The second kappa shape index (κ2) is 5.64. The Bertz CT molecular complexity index is 691. The first-order valence-electron chi connectivity index (χ1n) is 7.48. The molecule has 0 saturated carbocycles. The summed E-state index contributed by atoms with van der Waals surface area (Å²) in [6.45, 7) is 2.51. The van der Waals surface area contributed by atoms with Gasteiger partial charge in [0.05, 0.1) is 13.1 Å². The molecule has 1 aromatic rings. The van der Waals surface area contributed by atoms with E-state index >= 15 is 0 Å². The van der Waals surface area contributed by atoms with E-state index in [1.807, 2.05) is 0 Å². The summed E-state index contributed by atoms with van der Waals surface area (Å²) in [5, 5.41) is 0. The molecule has 23 heavy (non-hydrogen) atoms. The lowest BCUT2D eigenvalue weighted by atomic mass is 10.1. The molecule has 2 aliphatic heterocycles. The summed E-state index contributed by atoms with van der Waals surface area (Å²) < 4.78 is 13.7. The number of likely N-dealkylation sites (N-methyl/N-ethyl adjacent to an activating group) is 1. The molecule has 1 aromatic carbocycles. The molecule has 6 nitrogen and oxygen atoms in total. The number of rotatable bonds is 1. The molecule has 3 amide bonds. The minimum absolute atomic E-state index is 0.0758. The fourth-order valence-electron chi connectivity index (χ4n) is 3.01. The molecule has 7 heteroatoms. The minimum Gasteiger partial charge on any atom is -0.335 e. The van der Waals surface area contributed by atoms with E-state index in [0.717, 1.165) is 0 Å². The van der Waals surface area contributed by atoms with Crippen LogP contribution in [0.25, 0.3) is 0 Å². The van der Waals surface area contributed by atoms with Crippen LogP contribution >= 0.6 is 0 Å². The average molecular weight is 319 g/mol. The van der Waals surface area contributed by atoms with E-state index in [1.165, 1.54) is 20.8 Å². The van der Waals surface area contributed by atoms with E-state index in [0.29, 0.717) is 18.7 Å². The number of benzene rings is 1. The van der Waals surface area contributed by atoms with Crippen LogP contribution in [0, 0.1) is 12.7 Å². The second-order valence-electron chi connectivity index (χ2n) is 6.01. The van der Waals surface area contributed by atoms with Crippen LogP contribution in [0.15, 0.2) is 18.2 Å². The standard InChI is InChI=1S/C16H18FN3O3/c1-10-3-4-11(7-12(10)17)15(22)19-5-6-20-13(8-19)16(23)18(2)9-14(20)21/h3-4,7,13H,5-6,8-9H2,1-2H3/t13-/m1/s1. The molecule has 3 rings (SSSR count). The Morgan fingerprint density at radius 3 is 2.70 bits per heavy atom. The number of piperazine rings is 2. The van der Waals surface area contributed by atoms with Crippen LogP contribution in [-0.4, -0.2) is 71.7 Å². The average Bonchev–Trinajstić information content (AvgIpc) is 2.54. The molecular weight excluding hydrogens is 301 g/mol. The van der Waals surface area contributed by atoms with Gasteiger partial charge in [0.2, 0.25) is 11.8 Å². The summed E-state index contributed by atoms with van der Waals surface area (Å²) in [6.07, 6.45) is 0. The molecule has 0 spiro atoms. The molecular formula is C16H18FN3O3. The molecule has 0 aliphatic carbocycles. The van der Waals surface area contributed by atoms with Crippen LogP contribution in [0.5, 0.6) is 0 Å². The van der Waals surface area contributed by atoms with Gasteiger partial charge in [-0.15, -0.1) is 0 Å². The number of hydrogen-bond acceptors (Lipinski definition) is 3. The van der Waals surface area contributed by atoms with E-state index in [-0.39, 0.29) is 36.4 Å². The highest BCUT2D eigenvalue weighted by molar-refractivity contribution is 5.98. The Kier molecular flexibility index (Phi) is 3.79. The zero-order valence-electron chi connectivity index (χ0n) is 13.1. The van der Waals surface area contributed by atoms with Gasteiger partial charge in [-0.1, -0.05) is 6.07 Å². The molecule has 0 aromatic heterocycles. The minimum atomic E-state index is -0.644. The van der Waals surface area contributed by atoms with Gasteiger partial charge < -0.3 is 14.7 Å². The molecule has 0 unspecified atom stereocenters. The lowest BCUT2D eigenvalue weighted by molar-refractivity contribution is -0.157. The van der Waals surface area contributed by atoms with Crippen molar-refractivity contribution < 1.29 is 18.8 Å². The molecule has 2 saturated heterocycles. The molecule has 0 N–H and O–H groups in total. The SMILES string of the molecule is Cc1ccc(C(=O)N2CCN3C(=O)CN(C)C(=O)[C@H]3C2)cc1F. The Balaban J connectivity index is 1.80. The predicted octanol–water partition coefficient (Wildman–Crippen LogP) is 0.259. The highest BCUT2D eigenvalue weighted by Crippen LogP contribution is 2.19. The van der Waals surface area contributed by atoms with Crippen LogP contribution in [0.2, 0.25) is 0 Å². The zero-order chi connectivity index (χ0) is 16.7. The molecule has 1 atom stereocenters. The van der Waals surface area contributed by atoms with E-state index in [9.17, 15) is 18.8 Å². The number of amides is 3. The molecule has 122 valence electrons. The molecule has 2 aliphatic rings. The second-order valence-corrected chi connectivity index (χ2v) is 6.01. The normalized spacial score (nSPS) is 21.5. The number of hydrogen-bond donors (Lipinski definition) is 0. The zero-order valence-corrected chi connectivity index (χ0v) is 13.1. The molecule has 0 radical (unpaired) electrons. The van der Waals surface area contributed by atoms with Crippen LogP contribution in [-0.2, 0) is 9.59 Å². The summed E-state index contributed by atoms with van der Waals surface area (Å²) in [5.41, 5.74) is 0.727. The topological polar surface area (TPSA) is 60.9 Å². The number of fused-ring (bicyclic) bond motifs is 1. The highest BCUT2D eigenvalue weighted by atomic mass is 19.1. The van der Waals surface area contributed by atoms with Gasteiger partial charge in [0.15, 0.2) is 0 Å². The summed E-state index contributed by atoms with van der Waals surface area (Å²) in [4.78, 5) is 41.2. The van der Waals surface area contributed by atoms with Gasteiger partial charge in [-0.25, -0.2) is 4.39 Å². The summed E-state index contributed by atoms with van der Waals surface area (Å²) in [5.74, 6) is -1.03. The largest absolute Gasteiger partial charge is 0.335 e. The van der Waals surface area contributed by atoms with Crippen molar-refractivity contribution in [3.63, 3.8) is 0 Å². The van der Waals surface area contributed by atoms with Gasteiger partial charge in [0.1, 0.15) is 11.9 Å². The van der Waals surface area contributed by atoms with Crippen molar-refractivity contribution in [3.05, 3.63) is 35.1 Å². The summed E-state index contributed by atoms with van der Waals surface area (Å²) in [7, 11) is 1.58. The quantitative estimate of drug-likeness (QED) is 0.746. The van der Waals surface area contributed by atoms with Crippen molar-refractivity contribution >= 4 is 17.7 Å². The Labute approximate surface area is 133 Å². The fourth-order valence-corrected chi connectivity index (χ4v) is 3.01. The van der Waals surface area contributed by atoms with Crippen molar-refractivity contribution in [2.75, 3.05) is 33.2 Å². The van der Waals surface area contributed by atoms with Gasteiger partial charge in [-0.2, -0.15) is 0 Å². The third-order valence-electron chi connectivity index (χ3n) is 4.44. The number of carbonyl (C=O) groups is 3. The van der Waals surface area contributed by atoms with Gasteiger partial charge >= 0.3 is 0 Å². The first-order valence-corrected chi connectivity index (χ1v) is 7.48. The third kappa shape index (κ3) is 2.67. The van der Waals surface area contributed by atoms with E-state index < -0.39 is 11.9 Å². The smallest absolute Gasteiger partial charge is 0.254 e. The monoisotopic (exact) mass is 319 g/mol. The number of aryl methyl sites for hydroxylation is 1. The lowest BCUT2D eigenvalue weighted by Crippen LogP contribution is -2.66. The fraction of sp³-hybridized carbons (Fsp3) is 0.438. The number of halogens is 1. The van der Waals surface area contributed by atoms with E-state index in [2.05, 4.69) is 0 Å². The van der Waals surface area contributed by atoms with E-state index in [1.54, 1.807) is 26.1 Å². The van der Waals surface area contributed by atoms with E-state index in [4.69, 9.17) is 0 Å². The first kappa shape index (κ1) is 15.5. The lowest BCUT2D eigenvalue weighted by Gasteiger charge is -2.45. The van der Waals surface area contributed by atoms with Crippen LogP contribution in [0.4, 0.5) is 4.39 Å². The van der Waals surface area contributed by atoms with Gasteiger partial charge in [-0.3, -0.25) is 14.4 Å². The van der Waals surface area contributed by atoms with Crippen molar-refractivity contribution in [3.8, 4) is 0 Å². The maximum absolute atomic E-state index is 13.7. The maximum atomic E-state index is 13.7. The maximum Gasteiger partial charge on any atom is 0.254 e. The van der Waals surface area contributed by atoms with Crippen molar-refractivity contribution in [2.24, 2.45) is 0 Å². The highest BCUT2D eigenvalue weighted by Gasteiger charge is 2.42. The van der Waals surface area contributed by atoms with Gasteiger partial charge in [0.25, 0.3) is 5.91 Å². The van der Waals surface area contributed by atoms with Crippen LogP contribution < -0.4 is 0 Å². The molecule has 2 heterocycles. The van der Waals surface area contributed by atoms with Crippen molar-refractivity contribution in [1.29, 1.82) is 0 Å². The Morgan fingerprint density at radius 2 is 2.00 bits per heavy atom. The number of carbonyl (C=O) groups excluding carboxylic acids is 3.